The van der Waals surface area contributed by atoms with Crippen molar-refractivity contribution in [3.63, 3.8) is 0 Å². The van der Waals surface area contributed by atoms with Crippen molar-refractivity contribution in [3.8, 4) is 5.75 Å². The van der Waals surface area contributed by atoms with Gasteiger partial charge in [-0.2, -0.15) is 0 Å². The average molecular weight is 213 g/mol. The van der Waals surface area contributed by atoms with E-state index in [4.69, 9.17) is 5.73 Å². The Morgan fingerprint density at radius 2 is 1.69 bits per heavy atom. The number of phenols is 1. The van der Waals surface area contributed by atoms with Crippen LogP contribution >= 0.6 is 0 Å². The average Bonchev–Trinajstić information content (AvgIpc) is 2.33. The molecule has 3 N–H and O–H groups in total. The Morgan fingerprint density at radius 1 is 1.00 bits per heavy atom. The minimum Gasteiger partial charge on any atom is -0.506 e. The Morgan fingerprint density at radius 3 is 2.31 bits per heavy atom. The third-order valence-corrected chi connectivity index (χ3v) is 2.33. The molecule has 2 rings (SSSR count). The first-order valence-electron chi connectivity index (χ1n) is 4.87. The van der Waals surface area contributed by atoms with Crippen LogP contribution in [0.3, 0.4) is 0 Å². The summed E-state index contributed by atoms with van der Waals surface area (Å²) in [6, 6.07) is 13.4. The van der Waals surface area contributed by atoms with Gasteiger partial charge in [-0.05, 0) is 18.2 Å². The zero-order valence-corrected chi connectivity index (χ0v) is 8.55. The molecule has 0 spiro atoms. The fourth-order valence-electron chi connectivity index (χ4n) is 1.44. The fourth-order valence-corrected chi connectivity index (χ4v) is 1.44. The van der Waals surface area contributed by atoms with Gasteiger partial charge in [0.05, 0.1) is 5.69 Å². The second-order valence-corrected chi connectivity index (χ2v) is 3.47. The summed E-state index contributed by atoms with van der Waals surface area (Å²) >= 11 is 0. The molecule has 0 atom stereocenters. The molecule has 0 aromatic heterocycles. The second-order valence-electron chi connectivity index (χ2n) is 3.47. The van der Waals surface area contributed by atoms with Crippen molar-refractivity contribution in [1.82, 2.24) is 0 Å². The molecule has 0 radical (unpaired) electrons. The van der Waals surface area contributed by atoms with Crippen LogP contribution < -0.4 is 5.73 Å². The molecule has 0 saturated carbocycles. The van der Waals surface area contributed by atoms with Gasteiger partial charge in [-0.25, -0.2) is 0 Å². The van der Waals surface area contributed by atoms with Crippen molar-refractivity contribution in [2.45, 2.75) is 0 Å². The molecule has 0 aliphatic rings. The topological polar surface area (TPSA) is 63.3 Å². The number of nitrogens with two attached hydrogens (primary N) is 1. The van der Waals surface area contributed by atoms with E-state index in [1.165, 1.54) is 12.1 Å². The summed E-state index contributed by atoms with van der Waals surface area (Å²) in [6.07, 6.45) is 0. The van der Waals surface area contributed by atoms with Gasteiger partial charge in [0.1, 0.15) is 5.75 Å². The second kappa shape index (κ2) is 4.06. The molecule has 3 nitrogen and oxygen atoms in total. The molecule has 0 saturated heterocycles. The molecule has 2 aromatic rings. The van der Waals surface area contributed by atoms with Gasteiger partial charge in [0, 0.05) is 11.1 Å². The number of benzene rings is 2. The molecule has 2 aromatic carbocycles. The maximum absolute atomic E-state index is 12.0. The van der Waals surface area contributed by atoms with Crippen molar-refractivity contribution in [2.75, 3.05) is 5.73 Å². The minimum atomic E-state index is -0.129. The lowest BCUT2D eigenvalue weighted by Crippen LogP contribution is -2.01. The highest BCUT2D eigenvalue weighted by Gasteiger charge is 2.09. The number of nitrogen functional groups attached to an aromatic ring is 1. The third-order valence-electron chi connectivity index (χ3n) is 2.33. The van der Waals surface area contributed by atoms with E-state index in [1.807, 2.05) is 6.07 Å². The van der Waals surface area contributed by atoms with Gasteiger partial charge in [-0.15, -0.1) is 0 Å². The van der Waals surface area contributed by atoms with Crippen molar-refractivity contribution < 1.29 is 9.90 Å². The molecule has 0 aliphatic heterocycles. The van der Waals surface area contributed by atoms with E-state index >= 15 is 0 Å². The van der Waals surface area contributed by atoms with Crippen LogP contribution in [0.1, 0.15) is 15.9 Å². The first-order chi connectivity index (χ1) is 7.68. The van der Waals surface area contributed by atoms with E-state index < -0.39 is 0 Å². The molecule has 3 heteroatoms. The highest BCUT2D eigenvalue weighted by Crippen LogP contribution is 2.22. The molecule has 0 bridgehead atoms. The van der Waals surface area contributed by atoms with Crippen molar-refractivity contribution in [1.29, 1.82) is 0 Å². The van der Waals surface area contributed by atoms with Gasteiger partial charge in [0.15, 0.2) is 5.78 Å². The summed E-state index contributed by atoms with van der Waals surface area (Å²) in [6.45, 7) is 0. The van der Waals surface area contributed by atoms with E-state index in [0.29, 0.717) is 11.1 Å². The number of phenolic OH excluding ortho intramolecular Hbond substituents is 1. The lowest BCUT2D eigenvalue weighted by atomic mass is 10.0. The van der Waals surface area contributed by atoms with Crippen LogP contribution in [0.4, 0.5) is 5.69 Å². The molecule has 0 amide bonds. The molecular formula is C13H11NO2. The number of hydrogen-bond acceptors (Lipinski definition) is 3. The largest absolute Gasteiger partial charge is 0.506 e. The number of anilines is 1. The van der Waals surface area contributed by atoms with E-state index in [2.05, 4.69) is 0 Å². The summed E-state index contributed by atoms with van der Waals surface area (Å²) in [5, 5.41) is 9.42. The number of carbonyl (C=O) groups is 1. The molecule has 0 fully saturated rings. The molecule has 0 heterocycles. The Labute approximate surface area is 93.1 Å². The van der Waals surface area contributed by atoms with Gasteiger partial charge in [0.25, 0.3) is 0 Å². The molecule has 0 aliphatic carbocycles. The fraction of sp³-hybridized carbons (Fsp3) is 0. The summed E-state index contributed by atoms with van der Waals surface area (Å²) in [5.41, 5.74) is 6.75. The van der Waals surface area contributed by atoms with Crippen LogP contribution in [0.2, 0.25) is 0 Å². The lowest BCUT2D eigenvalue weighted by molar-refractivity contribution is 0.103. The van der Waals surface area contributed by atoms with Crippen molar-refractivity contribution in [3.05, 3.63) is 59.7 Å². The molecule has 80 valence electrons. The monoisotopic (exact) mass is 213 g/mol. The van der Waals surface area contributed by atoms with Crippen LogP contribution in [-0.4, -0.2) is 10.9 Å². The van der Waals surface area contributed by atoms with Crippen LogP contribution in [0.15, 0.2) is 48.5 Å². The summed E-state index contributed by atoms with van der Waals surface area (Å²) in [4.78, 5) is 12.0. The zero-order chi connectivity index (χ0) is 11.5. The Bertz CT molecular complexity index is 521. The first kappa shape index (κ1) is 10.2. The number of rotatable bonds is 2. The van der Waals surface area contributed by atoms with Crippen LogP contribution in [0.25, 0.3) is 0 Å². The normalized spacial score (nSPS) is 10.0. The van der Waals surface area contributed by atoms with E-state index in [1.54, 1.807) is 30.3 Å². The van der Waals surface area contributed by atoms with Crippen LogP contribution in [-0.2, 0) is 0 Å². The minimum absolute atomic E-state index is 0.0678. The Balaban J connectivity index is 2.39. The highest BCUT2D eigenvalue weighted by atomic mass is 16.3. The third kappa shape index (κ3) is 1.88. The highest BCUT2D eigenvalue weighted by molar-refractivity contribution is 6.09. The van der Waals surface area contributed by atoms with E-state index in [0.717, 1.165) is 0 Å². The summed E-state index contributed by atoms with van der Waals surface area (Å²) in [7, 11) is 0. The molecule has 0 unspecified atom stereocenters. The van der Waals surface area contributed by atoms with Gasteiger partial charge in [-0.3, -0.25) is 4.79 Å². The predicted octanol–water partition coefficient (Wildman–Crippen LogP) is 2.21. The predicted molar refractivity (Wildman–Crippen MR) is 62.4 cm³/mol. The number of carbonyl (C=O) groups excluding carboxylic acids is 1. The van der Waals surface area contributed by atoms with Gasteiger partial charge in [-0.1, -0.05) is 30.3 Å². The van der Waals surface area contributed by atoms with E-state index in [-0.39, 0.29) is 17.2 Å². The van der Waals surface area contributed by atoms with Crippen LogP contribution in [0.5, 0.6) is 5.75 Å². The summed E-state index contributed by atoms with van der Waals surface area (Å²) in [5.74, 6) is -0.197. The van der Waals surface area contributed by atoms with E-state index in [9.17, 15) is 9.90 Å². The SMILES string of the molecule is Nc1ccc(C(=O)c2ccccc2)cc1O. The maximum Gasteiger partial charge on any atom is 0.193 e. The Hall–Kier alpha value is -2.29. The van der Waals surface area contributed by atoms with Crippen LogP contribution in [0, 0.1) is 0 Å². The number of hydrogen-bond donors (Lipinski definition) is 2. The number of ketones is 1. The standard InChI is InChI=1S/C13H11NO2/c14-11-7-6-10(8-12(11)15)13(16)9-4-2-1-3-5-9/h1-8,15H,14H2. The van der Waals surface area contributed by atoms with Gasteiger partial charge < -0.3 is 10.8 Å². The summed E-state index contributed by atoms with van der Waals surface area (Å²) < 4.78 is 0. The maximum atomic E-state index is 12.0. The van der Waals surface area contributed by atoms with Crippen molar-refractivity contribution in [2.24, 2.45) is 0 Å². The van der Waals surface area contributed by atoms with Gasteiger partial charge >= 0.3 is 0 Å². The first-order valence-corrected chi connectivity index (χ1v) is 4.87. The zero-order valence-electron chi connectivity index (χ0n) is 8.55. The number of aromatic hydroxyl groups is 1. The van der Waals surface area contributed by atoms with Gasteiger partial charge in [0.2, 0.25) is 0 Å². The lowest BCUT2D eigenvalue weighted by Gasteiger charge is -2.03. The smallest absolute Gasteiger partial charge is 0.193 e. The Kier molecular flexibility index (Phi) is 2.60. The van der Waals surface area contributed by atoms with Crippen molar-refractivity contribution >= 4 is 11.5 Å². The quantitative estimate of drug-likeness (QED) is 0.456. The molecule has 16 heavy (non-hydrogen) atoms. The molecular weight excluding hydrogens is 202 g/mol.